The number of carbonyl (C=O) groups excluding carboxylic acids is 4. The van der Waals surface area contributed by atoms with E-state index in [9.17, 15) is 43.2 Å². The molecule has 3 unspecified atom stereocenters. The van der Waals surface area contributed by atoms with Crippen molar-refractivity contribution in [2.24, 2.45) is 17.8 Å². The highest BCUT2D eigenvalue weighted by Crippen LogP contribution is 2.45. The van der Waals surface area contributed by atoms with Crippen molar-refractivity contribution in [3.63, 3.8) is 0 Å². The number of hydrogen-bond acceptors (Lipinski definition) is 15. The molecule has 0 spiro atoms. The first-order valence-corrected chi connectivity index (χ1v) is 39.4. The van der Waals surface area contributed by atoms with E-state index in [2.05, 4.69) is 48.5 Å². The minimum absolute atomic E-state index is 0.102. The maximum atomic E-state index is 13.0. The highest BCUT2D eigenvalue weighted by Gasteiger charge is 2.30. The molecule has 0 aromatic carbocycles. The summed E-state index contributed by atoms with van der Waals surface area (Å²) in [6.07, 6.45) is 44.8. The predicted octanol–water partition coefficient (Wildman–Crippen LogP) is 19.8. The summed E-state index contributed by atoms with van der Waals surface area (Å²) in [5, 5.41) is 10.6. The van der Waals surface area contributed by atoms with E-state index < -0.39 is 97.5 Å². The van der Waals surface area contributed by atoms with Gasteiger partial charge in [0.15, 0.2) is 12.2 Å². The lowest BCUT2D eigenvalue weighted by atomic mass is 10.00. The maximum Gasteiger partial charge on any atom is 0.472 e. The van der Waals surface area contributed by atoms with Crippen molar-refractivity contribution in [3.05, 3.63) is 0 Å². The molecule has 6 atom stereocenters. The van der Waals surface area contributed by atoms with Gasteiger partial charge in [0.2, 0.25) is 0 Å². The quantitative estimate of drug-likeness (QED) is 0.0222. The fourth-order valence-corrected chi connectivity index (χ4v) is 12.1. The van der Waals surface area contributed by atoms with Crippen LogP contribution in [0, 0.1) is 17.8 Å². The number of rotatable bonds is 68. The summed E-state index contributed by atoms with van der Waals surface area (Å²) in [5.74, 6) is -0.00713. The number of phosphoric acid groups is 2. The first kappa shape index (κ1) is 87.1. The van der Waals surface area contributed by atoms with Gasteiger partial charge in [-0.25, -0.2) is 9.13 Å². The zero-order chi connectivity index (χ0) is 65.9. The van der Waals surface area contributed by atoms with Crippen LogP contribution in [0.4, 0.5) is 0 Å². The Labute approximate surface area is 543 Å². The summed E-state index contributed by atoms with van der Waals surface area (Å²) in [7, 11) is -9.90. The maximum absolute atomic E-state index is 13.0. The van der Waals surface area contributed by atoms with Gasteiger partial charge >= 0.3 is 39.5 Å². The van der Waals surface area contributed by atoms with E-state index in [4.69, 9.17) is 37.0 Å². The van der Waals surface area contributed by atoms with Crippen LogP contribution < -0.4 is 0 Å². The van der Waals surface area contributed by atoms with Crippen LogP contribution in [0.1, 0.15) is 350 Å². The van der Waals surface area contributed by atoms with Gasteiger partial charge in [0.25, 0.3) is 0 Å². The van der Waals surface area contributed by atoms with E-state index >= 15 is 0 Å². The van der Waals surface area contributed by atoms with Crippen molar-refractivity contribution < 1.29 is 80.2 Å². The second kappa shape index (κ2) is 61.0. The third-order valence-corrected chi connectivity index (χ3v) is 18.4. The van der Waals surface area contributed by atoms with E-state index in [1.165, 1.54) is 154 Å². The van der Waals surface area contributed by atoms with Gasteiger partial charge in [-0.1, -0.05) is 299 Å². The smallest absolute Gasteiger partial charge is 0.462 e. The van der Waals surface area contributed by atoms with Crippen LogP contribution in [-0.4, -0.2) is 96.7 Å². The molecule has 0 heterocycles. The molecule has 19 heteroatoms. The Bertz CT molecular complexity index is 1750. The van der Waals surface area contributed by atoms with Crippen LogP contribution in [0.15, 0.2) is 0 Å². The Balaban J connectivity index is 5.19. The lowest BCUT2D eigenvalue weighted by Gasteiger charge is -2.21. The summed E-state index contributed by atoms with van der Waals surface area (Å²) >= 11 is 0. The Morgan fingerprint density at radius 3 is 0.854 bits per heavy atom. The van der Waals surface area contributed by atoms with Crippen LogP contribution in [0.2, 0.25) is 0 Å². The fourth-order valence-electron chi connectivity index (χ4n) is 10.5. The van der Waals surface area contributed by atoms with Gasteiger partial charge in [-0.2, -0.15) is 0 Å². The van der Waals surface area contributed by atoms with Gasteiger partial charge in [-0.3, -0.25) is 37.3 Å². The number of aliphatic hydroxyl groups excluding tert-OH is 1. The lowest BCUT2D eigenvalue weighted by Crippen LogP contribution is -2.30. The Hall–Kier alpha value is -1.94. The Kier molecular flexibility index (Phi) is 59.6. The molecule has 17 nitrogen and oxygen atoms in total. The van der Waals surface area contributed by atoms with Crippen LogP contribution in [0.25, 0.3) is 0 Å². The highest BCUT2D eigenvalue weighted by atomic mass is 31.2. The second-order valence-electron chi connectivity index (χ2n) is 26.5. The molecule has 0 fully saturated rings. The predicted molar refractivity (Wildman–Crippen MR) is 358 cm³/mol. The molecule has 0 aromatic rings. The van der Waals surface area contributed by atoms with E-state index in [1.807, 2.05) is 0 Å². The number of esters is 4. The standard InChI is InChI=1S/C70H136O17P2/c1-8-10-11-12-13-14-15-16-17-18-19-20-21-22-23-24-29-39-46-53-69(74)86-65(57-80-67(72)51-44-37-28-26-25-27-34-41-48-61(3)4)59-84-88(76,77)82-55-64(71)56-83-89(78,79)85-60-66(58-81-68(73)52-45-38-32-30-35-42-49-62(5)6)87-70(75)54-47-40-33-31-36-43-50-63(7)9-2/h61-66,71H,8-60H2,1-7H3,(H,76,77)(H,78,79)/t63?,64-,65-,66-/m1/s1. The average molecular weight is 1310 g/mol. The molecule has 0 saturated heterocycles. The molecule has 0 aliphatic carbocycles. The summed E-state index contributed by atoms with van der Waals surface area (Å²) in [6, 6.07) is 0. The molecule has 3 N–H and O–H groups in total. The largest absolute Gasteiger partial charge is 0.472 e. The lowest BCUT2D eigenvalue weighted by molar-refractivity contribution is -0.161. The van der Waals surface area contributed by atoms with Gasteiger partial charge in [0, 0.05) is 25.7 Å². The molecular weight excluding hydrogens is 1170 g/mol. The number of ether oxygens (including phenoxy) is 4. The molecule has 528 valence electrons. The highest BCUT2D eigenvalue weighted by molar-refractivity contribution is 7.47. The van der Waals surface area contributed by atoms with E-state index in [1.54, 1.807) is 0 Å². The number of hydrogen-bond donors (Lipinski definition) is 3. The summed E-state index contributed by atoms with van der Waals surface area (Å²) in [4.78, 5) is 72.4. The summed E-state index contributed by atoms with van der Waals surface area (Å²) < 4.78 is 68.2. The number of aliphatic hydroxyl groups is 1. The zero-order valence-corrected chi connectivity index (χ0v) is 59.7. The van der Waals surface area contributed by atoms with Crippen molar-refractivity contribution in [2.45, 2.75) is 369 Å². The van der Waals surface area contributed by atoms with Crippen molar-refractivity contribution >= 4 is 39.5 Å². The van der Waals surface area contributed by atoms with E-state index in [-0.39, 0.29) is 25.7 Å². The van der Waals surface area contributed by atoms with Crippen LogP contribution in [0.3, 0.4) is 0 Å². The molecular formula is C70H136O17P2. The van der Waals surface area contributed by atoms with Gasteiger partial charge in [-0.05, 0) is 43.4 Å². The molecule has 0 aromatic heterocycles. The molecule has 0 bridgehead atoms. The molecule has 89 heavy (non-hydrogen) atoms. The summed E-state index contributed by atoms with van der Waals surface area (Å²) in [6.45, 7) is 11.7. The number of carbonyl (C=O) groups is 4. The number of phosphoric ester groups is 2. The van der Waals surface area contributed by atoms with Crippen LogP contribution >= 0.6 is 15.6 Å². The van der Waals surface area contributed by atoms with Crippen LogP contribution in [-0.2, 0) is 65.4 Å². The molecule has 0 radical (unpaired) electrons. The SMILES string of the molecule is CCCCCCCCCCCCCCCCCCCCCC(=O)O[C@H](COC(=O)CCCCCCCCCCC(C)C)COP(=O)(O)OC[C@@H](O)COP(=O)(O)OC[C@@H](COC(=O)CCCCCCCCC(C)C)OC(=O)CCCCCCCCC(C)CC. The monoisotopic (exact) mass is 1310 g/mol. The topological polar surface area (TPSA) is 237 Å². The normalized spacial score (nSPS) is 14.5. The minimum Gasteiger partial charge on any atom is -0.462 e. The molecule has 0 rings (SSSR count). The first-order valence-electron chi connectivity index (χ1n) is 36.4. The summed E-state index contributed by atoms with van der Waals surface area (Å²) in [5.41, 5.74) is 0. The minimum atomic E-state index is -4.95. The van der Waals surface area contributed by atoms with Crippen molar-refractivity contribution in [1.82, 2.24) is 0 Å². The fraction of sp³-hybridized carbons (Fsp3) is 0.943. The Morgan fingerprint density at radius 1 is 0.326 bits per heavy atom. The van der Waals surface area contributed by atoms with Gasteiger partial charge in [-0.15, -0.1) is 0 Å². The van der Waals surface area contributed by atoms with Gasteiger partial charge in [0.05, 0.1) is 26.4 Å². The average Bonchev–Trinajstić information content (AvgIpc) is 3.71. The zero-order valence-electron chi connectivity index (χ0n) is 57.9. The van der Waals surface area contributed by atoms with Crippen LogP contribution in [0.5, 0.6) is 0 Å². The third kappa shape index (κ3) is 63.2. The molecule has 0 aliphatic rings. The van der Waals surface area contributed by atoms with Crippen molar-refractivity contribution in [3.8, 4) is 0 Å². The van der Waals surface area contributed by atoms with E-state index in [0.29, 0.717) is 31.6 Å². The molecule has 0 saturated carbocycles. The Morgan fingerprint density at radius 2 is 0.573 bits per heavy atom. The second-order valence-corrected chi connectivity index (χ2v) is 29.4. The molecule has 0 aliphatic heterocycles. The van der Waals surface area contributed by atoms with Gasteiger partial charge in [0.1, 0.15) is 19.3 Å². The first-order chi connectivity index (χ1) is 42.8. The van der Waals surface area contributed by atoms with Crippen molar-refractivity contribution in [2.75, 3.05) is 39.6 Å². The van der Waals surface area contributed by atoms with Crippen molar-refractivity contribution in [1.29, 1.82) is 0 Å². The number of unbranched alkanes of at least 4 members (excludes halogenated alkanes) is 35. The third-order valence-electron chi connectivity index (χ3n) is 16.5. The van der Waals surface area contributed by atoms with E-state index in [0.717, 1.165) is 108 Å². The van der Waals surface area contributed by atoms with Gasteiger partial charge < -0.3 is 33.8 Å². The molecule has 0 amide bonds.